The van der Waals surface area contributed by atoms with Crippen molar-refractivity contribution >= 4 is 27.5 Å². The number of anilines is 3. The van der Waals surface area contributed by atoms with Crippen LogP contribution in [0.25, 0.3) is 0 Å². The highest BCUT2D eigenvalue weighted by Gasteiger charge is 2.12. The second-order valence-corrected chi connectivity index (χ2v) is 8.24. The van der Waals surface area contributed by atoms with Gasteiger partial charge in [0.15, 0.2) is 5.82 Å². The summed E-state index contributed by atoms with van der Waals surface area (Å²) in [6.45, 7) is 4.61. The fraction of sp³-hybridized carbons (Fsp3) is 0.250. The maximum Gasteiger partial charge on any atom is 0.240 e. The topological polar surface area (TPSA) is 109 Å². The van der Waals surface area contributed by atoms with E-state index < -0.39 is 10.0 Å². The number of benzene rings is 1. The molecule has 0 fully saturated rings. The summed E-state index contributed by atoms with van der Waals surface area (Å²) in [6, 6.07) is 14.2. The Bertz CT molecular complexity index is 1020. The Morgan fingerprint density at radius 2 is 1.55 bits per heavy atom. The molecule has 152 valence electrons. The van der Waals surface area contributed by atoms with Crippen molar-refractivity contribution < 1.29 is 8.42 Å². The van der Waals surface area contributed by atoms with Crippen molar-refractivity contribution in [2.75, 3.05) is 23.7 Å². The molecule has 2 aromatic heterocycles. The molecule has 0 bridgehead atoms. The summed E-state index contributed by atoms with van der Waals surface area (Å²) in [5.41, 5.74) is 2.18. The van der Waals surface area contributed by atoms with Gasteiger partial charge in [0.25, 0.3) is 0 Å². The van der Waals surface area contributed by atoms with Crippen molar-refractivity contribution in [3.05, 3.63) is 65.9 Å². The predicted molar refractivity (Wildman–Crippen MR) is 114 cm³/mol. The number of sulfonamides is 1. The zero-order valence-electron chi connectivity index (χ0n) is 16.4. The third-order valence-corrected chi connectivity index (χ3v) is 5.67. The Labute approximate surface area is 170 Å². The average Bonchev–Trinajstić information content (AvgIpc) is 2.74. The van der Waals surface area contributed by atoms with Crippen molar-refractivity contribution in [3.63, 3.8) is 0 Å². The summed E-state index contributed by atoms with van der Waals surface area (Å²) in [7, 11) is -3.53. The molecule has 0 unspecified atom stereocenters. The average molecular weight is 413 g/mol. The quantitative estimate of drug-likeness (QED) is 0.464. The minimum atomic E-state index is -3.53. The highest BCUT2D eigenvalue weighted by atomic mass is 32.2. The monoisotopic (exact) mass is 412 g/mol. The third kappa shape index (κ3) is 5.97. The van der Waals surface area contributed by atoms with Crippen LogP contribution in [0.2, 0.25) is 0 Å². The first-order chi connectivity index (χ1) is 14.0. The molecule has 0 aliphatic carbocycles. The third-order valence-electron chi connectivity index (χ3n) is 4.20. The molecule has 0 aliphatic rings. The van der Waals surface area contributed by atoms with Gasteiger partial charge >= 0.3 is 0 Å². The summed E-state index contributed by atoms with van der Waals surface area (Å²) in [5, 5.41) is 14.3. The molecule has 0 aliphatic heterocycles. The first kappa shape index (κ1) is 20.7. The van der Waals surface area contributed by atoms with Crippen LogP contribution in [-0.2, 0) is 16.4 Å². The standard InChI is InChI=1S/C20H24N6O2S/c1-3-16-5-7-17(8-6-16)29(27,28)23-13-12-21-19-10-11-20(26-25-19)24-18-9-4-15(2)14-22-18/h4-11,14,23H,3,12-13H2,1-2H3,(H,21,25)(H,22,24,26). The largest absolute Gasteiger partial charge is 0.367 e. The number of aromatic nitrogens is 3. The Hall–Kier alpha value is -3.04. The van der Waals surface area contributed by atoms with E-state index in [1.54, 1.807) is 30.5 Å². The number of rotatable bonds is 9. The molecule has 2 heterocycles. The van der Waals surface area contributed by atoms with Gasteiger partial charge in [0, 0.05) is 19.3 Å². The Morgan fingerprint density at radius 1 is 0.862 bits per heavy atom. The van der Waals surface area contributed by atoms with Gasteiger partial charge in [0.1, 0.15) is 11.6 Å². The van der Waals surface area contributed by atoms with Gasteiger partial charge in [0.05, 0.1) is 4.90 Å². The number of nitrogens with one attached hydrogen (secondary N) is 3. The van der Waals surface area contributed by atoms with Crippen LogP contribution in [0.5, 0.6) is 0 Å². The van der Waals surface area contributed by atoms with Crippen LogP contribution in [0.1, 0.15) is 18.1 Å². The molecule has 9 heteroatoms. The molecule has 3 aromatic rings. The molecule has 29 heavy (non-hydrogen) atoms. The number of hydrogen-bond donors (Lipinski definition) is 3. The second-order valence-electron chi connectivity index (χ2n) is 6.47. The maximum absolute atomic E-state index is 12.3. The van der Waals surface area contributed by atoms with Gasteiger partial charge < -0.3 is 10.6 Å². The Balaban J connectivity index is 1.46. The smallest absolute Gasteiger partial charge is 0.240 e. The van der Waals surface area contributed by atoms with E-state index in [1.807, 2.05) is 38.1 Å². The van der Waals surface area contributed by atoms with Crippen molar-refractivity contribution in [2.45, 2.75) is 25.2 Å². The summed E-state index contributed by atoms with van der Waals surface area (Å²) < 4.78 is 27.2. The van der Waals surface area contributed by atoms with Gasteiger partial charge in [-0.25, -0.2) is 18.1 Å². The fourth-order valence-corrected chi connectivity index (χ4v) is 3.56. The predicted octanol–water partition coefficient (Wildman–Crippen LogP) is 2.88. The Kier molecular flexibility index (Phi) is 6.73. The molecule has 0 atom stereocenters. The van der Waals surface area contributed by atoms with Crippen LogP contribution >= 0.6 is 0 Å². The molecule has 0 amide bonds. The van der Waals surface area contributed by atoms with Gasteiger partial charge in [-0.3, -0.25) is 0 Å². The SMILES string of the molecule is CCc1ccc(S(=O)(=O)NCCNc2ccc(Nc3ccc(C)cn3)nn2)cc1. The van der Waals surface area contributed by atoms with E-state index in [1.165, 1.54) is 0 Å². The lowest BCUT2D eigenvalue weighted by Gasteiger charge is -2.09. The van der Waals surface area contributed by atoms with Crippen LogP contribution in [-0.4, -0.2) is 36.7 Å². The van der Waals surface area contributed by atoms with Gasteiger partial charge in [0.2, 0.25) is 10.0 Å². The summed E-state index contributed by atoms with van der Waals surface area (Å²) in [4.78, 5) is 4.51. The molecule has 0 radical (unpaired) electrons. The van der Waals surface area contributed by atoms with Crippen LogP contribution < -0.4 is 15.4 Å². The number of nitrogens with zero attached hydrogens (tertiary/aromatic N) is 3. The molecule has 3 N–H and O–H groups in total. The van der Waals surface area contributed by atoms with Gasteiger partial charge in [-0.05, 0) is 54.8 Å². The number of aryl methyl sites for hydroxylation is 2. The summed E-state index contributed by atoms with van der Waals surface area (Å²) >= 11 is 0. The highest BCUT2D eigenvalue weighted by molar-refractivity contribution is 7.89. The van der Waals surface area contributed by atoms with Gasteiger partial charge in [-0.15, -0.1) is 10.2 Å². The second kappa shape index (κ2) is 9.44. The molecular weight excluding hydrogens is 388 g/mol. The molecular formula is C20H24N6O2S. The van der Waals surface area contributed by atoms with Crippen LogP contribution in [0, 0.1) is 6.92 Å². The zero-order valence-corrected chi connectivity index (χ0v) is 17.2. The van der Waals surface area contributed by atoms with Gasteiger partial charge in [-0.2, -0.15) is 0 Å². The minimum Gasteiger partial charge on any atom is -0.367 e. The van der Waals surface area contributed by atoms with Crippen LogP contribution in [0.3, 0.4) is 0 Å². The maximum atomic E-state index is 12.3. The van der Waals surface area contributed by atoms with E-state index in [4.69, 9.17) is 0 Å². The van der Waals surface area contributed by atoms with Crippen molar-refractivity contribution in [1.82, 2.24) is 19.9 Å². The Morgan fingerprint density at radius 3 is 2.17 bits per heavy atom. The first-order valence-corrected chi connectivity index (χ1v) is 10.8. The molecule has 0 spiro atoms. The molecule has 1 aromatic carbocycles. The highest BCUT2D eigenvalue weighted by Crippen LogP contribution is 2.13. The lowest BCUT2D eigenvalue weighted by molar-refractivity contribution is 0.583. The molecule has 8 nitrogen and oxygen atoms in total. The molecule has 0 saturated heterocycles. The first-order valence-electron chi connectivity index (χ1n) is 9.32. The van der Waals surface area contributed by atoms with Gasteiger partial charge in [-0.1, -0.05) is 25.1 Å². The van der Waals surface area contributed by atoms with Crippen LogP contribution in [0.4, 0.5) is 17.5 Å². The number of hydrogen-bond acceptors (Lipinski definition) is 7. The van der Waals surface area contributed by atoms with E-state index in [-0.39, 0.29) is 11.4 Å². The molecule has 3 rings (SSSR count). The van der Waals surface area contributed by atoms with E-state index >= 15 is 0 Å². The summed E-state index contributed by atoms with van der Waals surface area (Å²) in [5.74, 6) is 1.81. The van der Waals surface area contributed by atoms with Crippen LogP contribution in [0.15, 0.2) is 59.6 Å². The summed E-state index contributed by atoms with van der Waals surface area (Å²) in [6.07, 6.45) is 2.64. The lowest BCUT2D eigenvalue weighted by Crippen LogP contribution is -2.29. The lowest BCUT2D eigenvalue weighted by atomic mass is 10.2. The zero-order chi connectivity index (χ0) is 20.7. The fourth-order valence-electron chi connectivity index (χ4n) is 2.53. The van der Waals surface area contributed by atoms with Crippen molar-refractivity contribution in [2.24, 2.45) is 0 Å². The number of pyridine rings is 1. The molecule has 0 saturated carbocycles. The normalized spacial score (nSPS) is 11.2. The van der Waals surface area contributed by atoms with E-state index in [2.05, 4.69) is 30.5 Å². The van der Waals surface area contributed by atoms with Crippen molar-refractivity contribution in [3.8, 4) is 0 Å². The van der Waals surface area contributed by atoms with E-state index in [0.717, 1.165) is 17.5 Å². The van der Waals surface area contributed by atoms with E-state index in [0.29, 0.717) is 24.0 Å². The van der Waals surface area contributed by atoms with Crippen molar-refractivity contribution in [1.29, 1.82) is 0 Å². The minimum absolute atomic E-state index is 0.229. The van der Waals surface area contributed by atoms with E-state index in [9.17, 15) is 8.42 Å².